The monoisotopic (exact) mass is 316 g/mol. The van der Waals surface area contributed by atoms with E-state index in [1.165, 1.54) is 25.9 Å². The summed E-state index contributed by atoms with van der Waals surface area (Å²) in [5.74, 6) is 0. The summed E-state index contributed by atoms with van der Waals surface area (Å²) in [4.78, 5) is 2.50. The summed E-state index contributed by atoms with van der Waals surface area (Å²) in [5.41, 5.74) is 1.14. The van der Waals surface area contributed by atoms with E-state index >= 15 is 0 Å². The first-order valence-corrected chi connectivity index (χ1v) is 7.30. The van der Waals surface area contributed by atoms with Crippen LogP contribution >= 0.6 is 27.5 Å². The SMILES string of the molecule is CCN1CCC(Nc2ccc(Cl)cc2Br)CC1. The number of nitrogens with one attached hydrogen (secondary N) is 1. The Labute approximate surface area is 116 Å². The second-order valence-electron chi connectivity index (χ2n) is 4.48. The number of nitrogens with zero attached hydrogens (tertiary/aromatic N) is 1. The molecule has 1 aromatic carbocycles. The topological polar surface area (TPSA) is 15.3 Å². The Morgan fingerprint density at radius 2 is 2.12 bits per heavy atom. The fourth-order valence-electron chi connectivity index (χ4n) is 2.22. The zero-order chi connectivity index (χ0) is 12.3. The second-order valence-corrected chi connectivity index (χ2v) is 5.77. The van der Waals surface area contributed by atoms with Crippen molar-refractivity contribution in [3.05, 3.63) is 27.7 Å². The summed E-state index contributed by atoms with van der Waals surface area (Å²) >= 11 is 9.48. The van der Waals surface area contributed by atoms with Crippen molar-refractivity contribution >= 4 is 33.2 Å². The molecular weight excluding hydrogens is 300 g/mol. The van der Waals surface area contributed by atoms with E-state index in [0.717, 1.165) is 21.7 Å². The van der Waals surface area contributed by atoms with E-state index in [9.17, 15) is 0 Å². The van der Waals surface area contributed by atoms with Crippen LogP contribution in [0.15, 0.2) is 22.7 Å². The lowest BCUT2D eigenvalue weighted by atomic mass is 10.0. The maximum Gasteiger partial charge on any atom is 0.0487 e. The van der Waals surface area contributed by atoms with E-state index < -0.39 is 0 Å². The summed E-state index contributed by atoms with van der Waals surface area (Å²) in [7, 11) is 0. The molecule has 2 nitrogen and oxygen atoms in total. The zero-order valence-corrected chi connectivity index (χ0v) is 12.4. The molecule has 1 fully saturated rings. The van der Waals surface area contributed by atoms with Gasteiger partial charge in [-0.25, -0.2) is 0 Å². The van der Waals surface area contributed by atoms with Gasteiger partial charge in [0.05, 0.1) is 0 Å². The molecule has 0 bridgehead atoms. The lowest BCUT2D eigenvalue weighted by molar-refractivity contribution is 0.229. The molecule has 0 atom stereocenters. The molecule has 1 saturated heterocycles. The molecule has 1 aliphatic rings. The van der Waals surface area contributed by atoms with E-state index in [2.05, 4.69) is 33.1 Å². The molecule has 1 aromatic rings. The fraction of sp³-hybridized carbons (Fsp3) is 0.538. The van der Waals surface area contributed by atoms with Crippen LogP contribution in [0.2, 0.25) is 5.02 Å². The molecule has 1 heterocycles. The maximum absolute atomic E-state index is 5.93. The van der Waals surface area contributed by atoms with Crippen molar-refractivity contribution in [1.82, 2.24) is 4.90 Å². The summed E-state index contributed by atoms with van der Waals surface area (Å²) < 4.78 is 1.04. The van der Waals surface area contributed by atoms with Gasteiger partial charge in [-0.3, -0.25) is 0 Å². The van der Waals surface area contributed by atoms with Gasteiger partial charge < -0.3 is 10.2 Å². The summed E-state index contributed by atoms with van der Waals surface area (Å²) in [5, 5.41) is 4.36. The van der Waals surface area contributed by atoms with E-state index in [0.29, 0.717) is 6.04 Å². The highest BCUT2D eigenvalue weighted by Gasteiger charge is 2.18. The average Bonchev–Trinajstić information content (AvgIpc) is 2.34. The van der Waals surface area contributed by atoms with Crippen LogP contribution in [0.25, 0.3) is 0 Å². The third-order valence-corrected chi connectivity index (χ3v) is 4.22. The summed E-state index contributed by atoms with van der Waals surface area (Å²) in [6, 6.07) is 6.48. The second kappa shape index (κ2) is 6.07. The number of hydrogen-bond donors (Lipinski definition) is 1. The Balaban J connectivity index is 1.93. The van der Waals surface area contributed by atoms with Crippen molar-refractivity contribution < 1.29 is 0 Å². The number of piperidine rings is 1. The van der Waals surface area contributed by atoms with Gasteiger partial charge in [-0.2, -0.15) is 0 Å². The molecule has 2 rings (SSSR count). The van der Waals surface area contributed by atoms with Gasteiger partial charge in [0.15, 0.2) is 0 Å². The normalized spacial score (nSPS) is 18.3. The van der Waals surface area contributed by atoms with Gasteiger partial charge in [0.2, 0.25) is 0 Å². The predicted octanol–water partition coefficient (Wildman–Crippen LogP) is 4.00. The molecule has 17 heavy (non-hydrogen) atoms. The third-order valence-electron chi connectivity index (χ3n) is 3.33. The van der Waals surface area contributed by atoms with Gasteiger partial charge in [-0.05, 0) is 53.5 Å². The molecule has 0 aromatic heterocycles. The van der Waals surface area contributed by atoms with Gasteiger partial charge in [-0.15, -0.1) is 0 Å². The minimum absolute atomic E-state index is 0.579. The molecule has 1 N–H and O–H groups in total. The van der Waals surface area contributed by atoms with Gasteiger partial charge in [-0.1, -0.05) is 18.5 Å². The minimum atomic E-state index is 0.579. The molecular formula is C13H18BrClN2. The number of benzene rings is 1. The maximum atomic E-state index is 5.93. The Hall–Kier alpha value is -0.250. The Morgan fingerprint density at radius 1 is 1.41 bits per heavy atom. The van der Waals surface area contributed by atoms with Crippen molar-refractivity contribution in [1.29, 1.82) is 0 Å². The molecule has 0 amide bonds. The van der Waals surface area contributed by atoms with Crippen molar-refractivity contribution in [2.75, 3.05) is 25.0 Å². The molecule has 0 unspecified atom stereocenters. The number of rotatable bonds is 3. The van der Waals surface area contributed by atoms with Crippen molar-refractivity contribution in [3.63, 3.8) is 0 Å². The Bertz CT molecular complexity index is 376. The van der Waals surface area contributed by atoms with Crippen molar-refractivity contribution in [3.8, 4) is 0 Å². The van der Waals surface area contributed by atoms with Crippen LogP contribution in [-0.4, -0.2) is 30.6 Å². The van der Waals surface area contributed by atoms with Gasteiger partial charge in [0.25, 0.3) is 0 Å². The van der Waals surface area contributed by atoms with E-state index in [-0.39, 0.29) is 0 Å². The van der Waals surface area contributed by atoms with Gasteiger partial charge in [0.1, 0.15) is 0 Å². The van der Waals surface area contributed by atoms with Crippen LogP contribution < -0.4 is 5.32 Å². The predicted molar refractivity (Wildman–Crippen MR) is 77.9 cm³/mol. The van der Waals surface area contributed by atoms with Crippen molar-refractivity contribution in [2.45, 2.75) is 25.8 Å². The van der Waals surface area contributed by atoms with Gasteiger partial charge >= 0.3 is 0 Å². The van der Waals surface area contributed by atoms with E-state index in [1.807, 2.05) is 18.2 Å². The highest BCUT2D eigenvalue weighted by atomic mass is 79.9. The van der Waals surface area contributed by atoms with Crippen LogP contribution in [0.5, 0.6) is 0 Å². The molecule has 4 heteroatoms. The zero-order valence-electron chi connectivity index (χ0n) is 10.0. The Kier molecular flexibility index (Phi) is 4.71. The first-order valence-electron chi connectivity index (χ1n) is 6.13. The van der Waals surface area contributed by atoms with Crippen molar-refractivity contribution in [2.24, 2.45) is 0 Å². The molecule has 0 spiro atoms. The van der Waals surface area contributed by atoms with E-state index in [4.69, 9.17) is 11.6 Å². The quantitative estimate of drug-likeness (QED) is 0.906. The Morgan fingerprint density at radius 3 is 2.71 bits per heavy atom. The third kappa shape index (κ3) is 3.60. The average molecular weight is 318 g/mol. The van der Waals surface area contributed by atoms with Crippen LogP contribution in [-0.2, 0) is 0 Å². The number of halogens is 2. The van der Waals surface area contributed by atoms with Crippen LogP contribution in [0.4, 0.5) is 5.69 Å². The first-order chi connectivity index (χ1) is 8.19. The largest absolute Gasteiger partial charge is 0.381 e. The number of likely N-dealkylation sites (tertiary alicyclic amines) is 1. The lowest BCUT2D eigenvalue weighted by Gasteiger charge is -2.32. The van der Waals surface area contributed by atoms with Crippen LogP contribution in [0.3, 0.4) is 0 Å². The number of anilines is 1. The molecule has 0 saturated carbocycles. The number of hydrogen-bond acceptors (Lipinski definition) is 2. The van der Waals surface area contributed by atoms with Crippen LogP contribution in [0, 0.1) is 0 Å². The first kappa shape index (κ1) is 13.2. The van der Waals surface area contributed by atoms with Gasteiger partial charge in [0, 0.05) is 34.3 Å². The minimum Gasteiger partial charge on any atom is -0.381 e. The molecule has 0 aliphatic carbocycles. The van der Waals surface area contributed by atoms with E-state index in [1.54, 1.807) is 0 Å². The standard InChI is InChI=1S/C13H18BrClN2/c1-2-17-7-5-11(6-8-17)16-13-4-3-10(15)9-12(13)14/h3-4,9,11,16H,2,5-8H2,1H3. The fourth-order valence-corrected chi connectivity index (χ4v) is 3.02. The molecule has 0 radical (unpaired) electrons. The molecule has 94 valence electrons. The highest BCUT2D eigenvalue weighted by molar-refractivity contribution is 9.10. The van der Waals surface area contributed by atoms with Crippen LogP contribution in [0.1, 0.15) is 19.8 Å². The molecule has 1 aliphatic heterocycles. The highest BCUT2D eigenvalue weighted by Crippen LogP contribution is 2.27. The lowest BCUT2D eigenvalue weighted by Crippen LogP contribution is -2.38. The summed E-state index contributed by atoms with van der Waals surface area (Å²) in [6.07, 6.45) is 2.42. The summed E-state index contributed by atoms with van der Waals surface area (Å²) in [6.45, 7) is 5.78. The smallest absolute Gasteiger partial charge is 0.0487 e.